The number of halogens is 1. The molecule has 0 fully saturated rings. The highest BCUT2D eigenvalue weighted by Crippen LogP contribution is 2.20. The zero-order chi connectivity index (χ0) is 19.9. The van der Waals surface area contributed by atoms with Crippen molar-refractivity contribution < 1.29 is 13.7 Å². The first kappa shape index (κ1) is 20.1. The van der Waals surface area contributed by atoms with Crippen LogP contribution in [0.3, 0.4) is 0 Å². The van der Waals surface area contributed by atoms with Gasteiger partial charge in [-0.3, -0.25) is 4.79 Å². The second-order valence-corrected chi connectivity index (χ2v) is 7.54. The summed E-state index contributed by atoms with van der Waals surface area (Å²) in [5, 5.41) is 16.2. The Labute approximate surface area is 166 Å². The number of carbonyl (C=O) groups excluding carboxylic acids is 1. The molecule has 0 aliphatic heterocycles. The van der Waals surface area contributed by atoms with E-state index in [4.69, 9.17) is 4.52 Å². The summed E-state index contributed by atoms with van der Waals surface area (Å²) in [6.45, 7) is 3.83. The number of anilines is 1. The standard InChI is InChI=1S/C19H22FN5O2S/c1-3-4-5-6-17-23-24-19(28-17)21-15(26)9-10-16-22-18(25-27-16)13-7-8-14(20)12(2)11-13/h7-8,11H,3-6,9-10H2,1-2H3,(H,21,24,26). The molecule has 0 saturated carbocycles. The predicted octanol–water partition coefficient (Wildman–Crippen LogP) is 4.34. The lowest BCUT2D eigenvalue weighted by molar-refractivity contribution is -0.116. The smallest absolute Gasteiger partial charge is 0.227 e. The van der Waals surface area contributed by atoms with E-state index in [-0.39, 0.29) is 18.1 Å². The zero-order valence-electron chi connectivity index (χ0n) is 15.9. The monoisotopic (exact) mass is 403 g/mol. The van der Waals surface area contributed by atoms with Crippen molar-refractivity contribution in [3.05, 3.63) is 40.5 Å². The highest BCUT2D eigenvalue weighted by atomic mass is 32.1. The molecule has 0 aliphatic carbocycles. The number of amides is 1. The molecule has 0 atom stereocenters. The minimum absolute atomic E-state index is 0.186. The summed E-state index contributed by atoms with van der Waals surface area (Å²) in [5.41, 5.74) is 1.18. The Morgan fingerprint density at radius 3 is 2.89 bits per heavy atom. The maximum atomic E-state index is 13.4. The SMILES string of the molecule is CCCCCc1nnc(NC(=O)CCc2nc(-c3ccc(F)c(C)c3)no2)s1. The number of unbranched alkanes of at least 4 members (excludes halogenated alkanes) is 2. The fourth-order valence-electron chi connectivity index (χ4n) is 2.59. The minimum atomic E-state index is -0.283. The van der Waals surface area contributed by atoms with E-state index in [0.29, 0.717) is 34.4 Å². The summed E-state index contributed by atoms with van der Waals surface area (Å²) in [5.74, 6) is 0.256. The van der Waals surface area contributed by atoms with E-state index >= 15 is 0 Å². The van der Waals surface area contributed by atoms with Gasteiger partial charge in [0.1, 0.15) is 10.8 Å². The lowest BCUT2D eigenvalue weighted by Crippen LogP contribution is -2.12. The van der Waals surface area contributed by atoms with Crippen LogP contribution in [0.5, 0.6) is 0 Å². The lowest BCUT2D eigenvalue weighted by atomic mass is 10.1. The average molecular weight is 403 g/mol. The summed E-state index contributed by atoms with van der Waals surface area (Å²) in [7, 11) is 0. The molecule has 3 rings (SSSR count). The topological polar surface area (TPSA) is 93.8 Å². The molecule has 9 heteroatoms. The Morgan fingerprint density at radius 2 is 2.11 bits per heavy atom. The van der Waals surface area contributed by atoms with Crippen LogP contribution in [-0.2, 0) is 17.6 Å². The Bertz CT molecular complexity index is 940. The van der Waals surface area contributed by atoms with Crippen LogP contribution in [0.15, 0.2) is 22.7 Å². The Balaban J connectivity index is 1.50. The van der Waals surface area contributed by atoms with Crippen LogP contribution in [0.25, 0.3) is 11.4 Å². The quantitative estimate of drug-likeness (QED) is 0.534. The molecule has 7 nitrogen and oxygen atoms in total. The maximum Gasteiger partial charge on any atom is 0.227 e. The Hall–Kier alpha value is -2.68. The molecule has 0 radical (unpaired) electrons. The molecule has 0 bridgehead atoms. The van der Waals surface area contributed by atoms with Gasteiger partial charge in [0.25, 0.3) is 0 Å². The summed E-state index contributed by atoms with van der Waals surface area (Å²) in [6.07, 6.45) is 4.77. The lowest BCUT2D eigenvalue weighted by Gasteiger charge is -1.99. The van der Waals surface area contributed by atoms with E-state index in [1.54, 1.807) is 19.1 Å². The third-order valence-electron chi connectivity index (χ3n) is 4.16. The molecule has 0 aliphatic rings. The van der Waals surface area contributed by atoms with Crippen molar-refractivity contribution in [1.29, 1.82) is 0 Å². The highest BCUT2D eigenvalue weighted by Gasteiger charge is 2.13. The molecule has 1 aromatic carbocycles. The van der Waals surface area contributed by atoms with Crippen molar-refractivity contribution >= 4 is 22.4 Å². The molecule has 0 spiro atoms. The number of hydrogen-bond donors (Lipinski definition) is 1. The van der Waals surface area contributed by atoms with Gasteiger partial charge in [0.2, 0.25) is 22.8 Å². The van der Waals surface area contributed by atoms with Gasteiger partial charge in [-0.15, -0.1) is 10.2 Å². The fourth-order valence-corrected chi connectivity index (χ4v) is 3.39. The number of benzene rings is 1. The number of rotatable bonds is 9. The van der Waals surface area contributed by atoms with E-state index < -0.39 is 0 Å². The van der Waals surface area contributed by atoms with Crippen molar-refractivity contribution in [1.82, 2.24) is 20.3 Å². The average Bonchev–Trinajstić information content (AvgIpc) is 3.32. The molecule has 1 amide bonds. The third kappa shape index (κ3) is 5.41. The van der Waals surface area contributed by atoms with Gasteiger partial charge in [-0.2, -0.15) is 4.98 Å². The van der Waals surface area contributed by atoms with E-state index in [0.717, 1.165) is 30.7 Å². The predicted molar refractivity (Wildman–Crippen MR) is 105 cm³/mol. The number of hydrogen-bond acceptors (Lipinski definition) is 7. The van der Waals surface area contributed by atoms with Gasteiger partial charge < -0.3 is 9.84 Å². The van der Waals surface area contributed by atoms with E-state index in [1.165, 1.54) is 17.4 Å². The number of aromatic nitrogens is 4. The van der Waals surface area contributed by atoms with E-state index in [9.17, 15) is 9.18 Å². The Morgan fingerprint density at radius 1 is 1.25 bits per heavy atom. The van der Waals surface area contributed by atoms with Crippen LogP contribution in [0, 0.1) is 12.7 Å². The van der Waals surface area contributed by atoms with Crippen LogP contribution < -0.4 is 5.32 Å². The second kappa shape index (κ2) is 9.50. The molecule has 2 heterocycles. The summed E-state index contributed by atoms with van der Waals surface area (Å²) in [4.78, 5) is 16.4. The molecule has 0 saturated heterocycles. The van der Waals surface area contributed by atoms with Crippen molar-refractivity contribution in [2.75, 3.05) is 5.32 Å². The first-order valence-electron chi connectivity index (χ1n) is 9.26. The maximum absolute atomic E-state index is 13.4. The van der Waals surface area contributed by atoms with Gasteiger partial charge in [-0.05, 0) is 37.1 Å². The number of carbonyl (C=O) groups is 1. The van der Waals surface area contributed by atoms with Gasteiger partial charge in [-0.25, -0.2) is 4.39 Å². The number of aryl methyl sites for hydroxylation is 3. The van der Waals surface area contributed by atoms with Gasteiger partial charge in [0.15, 0.2) is 0 Å². The van der Waals surface area contributed by atoms with E-state index in [2.05, 4.69) is 32.6 Å². The van der Waals surface area contributed by atoms with Crippen LogP contribution >= 0.6 is 11.3 Å². The molecule has 0 unspecified atom stereocenters. The van der Waals surface area contributed by atoms with Gasteiger partial charge in [0.05, 0.1) is 0 Å². The normalized spacial score (nSPS) is 11.0. The number of nitrogens with one attached hydrogen (secondary N) is 1. The molecule has 3 aromatic rings. The Kier molecular flexibility index (Phi) is 6.80. The van der Waals surface area contributed by atoms with Crippen LogP contribution in [0.4, 0.5) is 9.52 Å². The highest BCUT2D eigenvalue weighted by molar-refractivity contribution is 7.15. The summed E-state index contributed by atoms with van der Waals surface area (Å²) in [6, 6.07) is 4.62. The largest absolute Gasteiger partial charge is 0.339 e. The minimum Gasteiger partial charge on any atom is -0.339 e. The molecule has 28 heavy (non-hydrogen) atoms. The second-order valence-electron chi connectivity index (χ2n) is 6.48. The summed E-state index contributed by atoms with van der Waals surface area (Å²) >= 11 is 1.40. The first-order valence-corrected chi connectivity index (χ1v) is 10.1. The van der Waals surface area contributed by atoms with Crippen molar-refractivity contribution in [2.24, 2.45) is 0 Å². The van der Waals surface area contributed by atoms with Gasteiger partial charge in [0, 0.05) is 24.8 Å². The zero-order valence-corrected chi connectivity index (χ0v) is 16.7. The summed E-state index contributed by atoms with van der Waals surface area (Å²) < 4.78 is 18.6. The molecular weight excluding hydrogens is 381 g/mol. The molecule has 148 valence electrons. The third-order valence-corrected chi connectivity index (χ3v) is 5.06. The van der Waals surface area contributed by atoms with Crippen molar-refractivity contribution in [2.45, 2.75) is 52.4 Å². The first-order chi connectivity index (χ1) is 13.5. The van der Waals surface area contributed by atoms with Crippen molar-refractivity contribution in [3.63, 3.8) is 0 Å². The van der Waals surface area contributed by atoms with Crippen LogP contribution in [0.1, 0.15) is 49.1 Å². The molecule has 2 aromatic heterocycles. The van der Waals surface area contributed by atoms with Gasteiger partial charge in [-0.1, -0.05) is 36.3 Å². The van der Waals surface area contributed by atoms with E-state index in [1.807, 2.05) is 0 Å². The molecule has 1 N–H and O–H groups in total. The number of nitrogens with zero attached hydrogens (tertiary/aromatic N) is 4. The fraction of sp³-hybridized carbons (Fsp3) is 0.421. The molecular formula is C19H22FN5O2S. The van der Waals surface area contributed by atoms with Gasteiger partial charge >= 0.3 is 0 Å². The van der Waals surface area contributed by atoms with Crippen molar-refractivity contribution in [3.8, 4) is 11.4 Å². The van der Waals surface area contributed by atoms with Crippen LogP contribution in [-0.4, -0.2) is 26.2 Å². The van der Waals surface area contributed by atoms with Crippen LogP contribution in [0.2, 0.25) is 0 Å².